The Bertz CT molecular complexity index is 929. The smallest absolute Gasteiger partial charge is 0.337 e. The quantitative estimate of drug-likeness (QED) is 0.644. The van der Waals surface area contributed by atoms with Gasteiger partial charge in [0.1, 0.15) is 0 Å². The fourth-order valence-electron chi connectivity index (χ4n) is 2.87. The maximum atomic E-state index is 12.4. The van der Waals surface area contributed by atoms with E-state index in [1.807, 2.05) is 37.3 Å². The van der Waals surface area contributed by atoms with Crippen LogP contribution < -0.4 is 5.32 Å². The molecule has 0 aliphatic carbocycles. The number of amides is 2. The van der Waals surface area contributed by atoms with Gasteiger partial charge in [-0.15, -0.1) is 0 Å². The first-order valence-electron chi connectivity index (χ1n) is 9.03. The van der Waals surface area contributed by atoms with Crippen LogP contribution in [-0.2, 0) is 9.47 Å². The topological polar surface area (TPSA) is 67.9 Å². The Morgan fingerprint density at radius 2 is 1.86 bits per heavy atom. The first-order chi connectivity index (χ1) is 13.5. The summed E-state index contributed by atoms with van der Waals surface area (Å²) < 4.78 is 10.2. The van der Waals surface area contributed by atoms with Gasteiger partial charge in [0.25, 0.3) is 0 Å². The maximum absolute atomic E-state index is 12.4. The second kappa shape index (κ2) is 9.07. The van der Waals surface area contributed by atoms with Crippen LogP contribution in [0.15, 0.2) is 48.5 Å². The zero-order chi connectivity index (χ0) is 19.9. The number of urea groups is 1. The van der Waals surface area contributed by atoms with Gasteiger partial charge in [-0.3, -0.25) is 0 Å². The van der Waals surface area contributed by atoms with Crippen molar-refractivity contribution >= 4 is 17.7 Å². The van der Waals surface area contributed by atoms with E-state index in [9.17, 15) is 9.59 Å². The van der Waals surface area contributed by atoms with Crippen LogP contribution in [0.25, 0.3) is 0 Å². The van der Waals surface area contributed by atoms with Gasteiger partial charge in [-0.2, -0.15) is 0 Å². The molecule has 0 radical (unpaired) electrons. The molecular weight excluding hydrogens is 356 g/mol. The van der Waals surface area contributed by atoms with Gasteiger partial charge in [-0.05, 0) is 43.3 Å². The normalized spacial score (nSPS) is 15.9. The number of anilines is 1. The highest BCUT2D eigenvalue weighted by Gasteiger charge is 2.21. The van der Waals surface area contributed by atoms with Gasteiger partial charge in [0.2, 0.25) is 0 Å². The molecule has 1 atom stereocenters. The second-order valence-corrected chi connectivity index (χ2v) is 6.46. The average Bonchev–Trinajstić information content (AvgIpc) is 2.72. The molecule has 1 N–H and O–H groups in total. The van der Waals surface area contributed by atoms with E-state index >= 15 is 0 Å². The minimum Gasteiger partial charge on any atom is -0.465 e. The van der Waals surface area contributed by atoms with Crippen LogP contribution in [0.1, 0.15) is 28.4 Å². The van der Waals surface area contributed by atoms with E-state index in [2.05, 4.69) is 17.2 Å². The third kappa shape index (κ3) is 5.12. The number of esters is 1. The predicted molar refractivity (Wildman–Crippen MR) is 106 cm³/mol. The third-order valence-corrected chi connectivity index (χ3v) is 4.28. The molecule has 0 bridgehead atoms. The molecular formula is C22H22N2O4. The van der Waals surface area contributed by atoms with E-state index in [0.29, 0.717) is 36.5 Å². The molecule has 3 rings (SSSR count). The molecule has 2 amide bonds. The van der Waals surface area contributed by atoms with Crippen LogP contribution >= 0.6 is 0 Å². The molecule has 2 aromatic rings. The van der Waals surface area contributed by atoms with Crippen molar-refractivity contribution in [1.29, 1.82) is 0 Å². The summed E-state index contributed by atoms with van der Waals surface area (Å²) in [6.07, 6.45) is 0.0393. The second-order valence-electron chi connectivity index (χ2n) is 6.46. The Kier molecular flexibility index (Phi) is 6.30. The highest BCUT2D eigenvalue weighted by molar-refractivity contribution is 5.90. The van der Waals surface area contributed by atoms with E-state index in [4.69, 9.17) is 9.47 Å². The Morgan fingerprint density at radius 1 is 1.14 bits per heavy atom. The lowest BCUT2D eigenvalue weighted by Gasteiger charge is -2.31. The number of morpholine rings is 1. The minimum atomic E-state index is -0.397. The number of nitrogens with one attached hydrogen (secondary N) is 1. The summed E-state index contributed by atoms with van der Waals surface area (Å²) in [4.78, 5) is 25.8. The Hall–Kier alpha value is -3.30. The van der Waals surface area contributed by atoms with Crippen molar-refractivity contribution in [2.75, 3.05) is 32.1 Å². The molecule has 0 spiro atoms. The zero-order valence-corrected chi connectivity index (χ0v) is 15.9. The van der Waals surface area contributed by atoms with Gasteiger partial charge in [0.05, 0.1) is 25.4 Å². The lowest BCUT2D eigenvalue weighted by atomic mass is 10.1. The molecule has 2 aromatic carbocycles. The minimum absolute atomic E-state index is 0.0393. The van der Waals surface area contributed by atoms with Gasteiger partial charge >= 0.3 is 12.0 Å². The van der Waals surface area contributed by atoms with Crippen molar-refractivity contribution in [1.82, 2.24) is 4.90 Å². The van der Waals surface area contributed by atoms with Crippen LogP contribution in [0.5, 0.6) is 0 Å². The molecule has 1 aliphatic rings. The largest absolute Gasteiger partial charge is 0.465 e. The SMILES string of the molecule is COC(=O)c1cccc(C#Cc2cccc(NC(=O)N3CCOC(C)C3)c2)c1. The zero-order valence-electron chi connectivity index (χ0n) is 15.9. The maximum Gasteiger partial charge on any atom is 0.337 e. The van der Waals surface area contributed by atoms with Crippen LogP contribution in [0, 0.1) is 11.8 Å². The number of rotatable bonds is 2. The lowest BCUT2D eigenvalue weighted by molar-refractivity contribution is -0.00138. The summed E-state index contributed by atoms with van der Waals surface area (Å²) in [5.74, 6) is 5.69. The highest BCUT2D eigenvalue weighted by atomic mass is 16.5. The van der Waals surface area contributed by atoms with Crippen LogP contribution in [-0.4, -0.2) is 49.8 Å². The molecule has 6 nitrogen and oxygen atoms in total. The van der Waals surface area contributed by atoms with E-state index in [1.165, 1.54) is 7.11 Å². The Labute approximate surface area is 164 Å². The third-order valence-electron chi connectivity index (χ3n) is 4.28. The molecule has 1 saturated heterocycles. The number of benzene rings is 2. The van der Waals surface area contributed by atoms with Crippen molar-refractivity contribution in [3.8, 4) is 11.8 Å². The first-order valence-corrected chi connectivity index (χ1v) is 9.03. The first kappa shape index (κ1) is 19.5. The van der Waals surface area contributed by atoms with Crippen molar-refractivity contribution < 1.29 is 19.1 Å². The molecule has 0 aromatic heterocycles. The van der Waals surface area contributed by atoms with Gasteiger partial charge in [0.15, 0.2) is 0 Å². The number of ether oxygens (including phenoxy) is 2. The predicted octanol–water partition coefficient (Wildman–Crippen LogP) is 3.13. The summed E-state index contributed by atoms with van der Waals surface area (Å²) in [5, 5.41) is 2.90. The highest BCUT2D eigenvalue weighted by Crippen LogP contribution is 2.13. The van der Waals surface area contributed by atoms with Crippen molar-refractivity contribution in [2.24, 2.45) is 0 Å². The number of hydrogen-bond donors (Lipinski definition) is 1. The monoisotopic (exact) mass is 378 g/mol. The van der Waals surface area contributed by atoms with Crippen molar-refractivity contribution in [2.45, 2.75) is 13.0 Å². The van der Waals surface area contributed by atoms with Crippen LogP contribution in [0.3, 0.4) is 0 Å². The number of nitrogens with zero attached hydrogens (tertiary/aromatic N) is 1. The molecule has 144 valence electrons. The summed E-state index contributed by atoms with van der Waals surface area (Å²) in [5.41, 5.74) is 2.60. The summed E-state index contributed by atoms with van der Waals surface area (Å²) in [7, 11) is 1.35. The number of hydrogen-bond acceptors (Lipinski definition) is 4. The van der Waals surface area contributed by atoms with E-state index in [1.54, 1.807) is 23.1 Å². The van der Waals surface area contributed by atoms with E-state index in [-0.39, 0.29) is 12.1 Å². The van der Waals surface area contributed by atoms with Crippen LogP contribution in [0.4, 0.5) is 10.5 Å². The lowest BCUT2D eigenvalue weighted by Crippen LogP contribution is -2.46. The molecule has 1 fully saturated rings. The molecule has 6 heteroatoms. The summed E-state index contributed by atoms with van der Waals surface area (Å²) in [6, 6.07) is 14.1. The fraction of sp³-hybridized carbons (Fsp3) is 0.273. The molecule has 1 aliphatic heterocycles. The number of carbonyl (C=O) groups is 2. The Balaban J connectivity index is 1.70. The van der Waals surface area contributed by atoms with Gasteiger partial charge in [-0.25, -0.2) is 9.59 Å². The number of carbonyl (C=O) groups excluding carboxylic acids is 2. The summed E-state index contributed by atoms with van der Waals surface area (Å²) in [6.45, 7) is 3.64. The molecule has 0 saturated carbocycles. The van der Waals surface area contributed by atoms with Gasteiger partial charge < -0.3 is 19.7 Å². The fourth-order valence-corrected chi connectivity index (χ4v) is 2.87. The molecule has 1 unspecified atom stereocenters. The van der Waals surface area contributed by atoms with Gasteiger partial charge in [-0.1, -0.05) is 24.0 Å². The van der Waals surface area contributed by atoms with Crippen LogP contribution in [0.2, 0.25) is 0 Å². The molecule has 1 heterocycles. The standard InChI is InChI=1S/C22H22N2O4/c1-16-15-24(11-12-28-16)22(26)23-20-8-4-6-18(14-20)10-9-17-5-3-7-19(13-17)21(25)27-2/h3-8,13-14,16H,11-12,15H2,1-2H3,(H,23,26). The van der Waals surface area contributed by atoms with E-state index < -0.39 is 5.97 Å². The van der Waals surface area contributed by atoms with E-state index in [0.717, 1.165) is 5.56 Å². The average molecular weight is 378 g/mol. The van der Waals surface area contributed by atoms with Crippen molar-refractivity contribution in [3.63, 3.8) is 0 Å². The number of methoxy groups -OCH3 is 1. The summed E-state index contributed by atoms with van der Waals surface area (Å²) >= 11 is 0. The van der Waals surface area contributed by atoms with Gasteiger partial charge in [0, 0.05) is 29.9 Å². The molecule has 28 heavy (non-hydrogen) atoms. The Morgan fingerprint density at radius 3 is 2.57 bits per heavy atom. The van der Waals surface area contributed by atoms with Crippen molar-refractivity contribution in [3.05, 3.63) is 65.2 Å².